The number of allylic oxidation sites excluding steroid dienone is 1. The Balaban J connectivity index is 1.38. The Morgan fingerprint density at radius 3 is 2.42 bits per heavy atom. The lowest BCUT2D eigenvalue weighted by molar-refractivity contribution is -0.162. The van der Waals surface area contributed by atoms with Crippen molar-refractivity contribution in [3.05, 3.63) is 11.1 Å². The highest BCUT2D eigenvalue weighted by Gasteiger charge is 2.77. The van der Waals surface area contributed by atoms with Gasteiger partial charge in [-0.15, -0.1) is 0 Å². The molecule has 0 amide bonds. The molecule has 0 radical (unpaired) electrons. The number of aliphatic hydroxyl groups excluding tert-OH is 1. The first kappa shape index (κ1) is 22.5. The molecule has 0 aromatic carbocycles. The first-order valence-corrected chi connectivity index (χ1v) is 13.4. The van der Waals surface area contributed by atoms with Crippen molar-refractivity contribution in [3.8, 4) is 0 Å². The van der Waals surface area contributed by atoms with Gasteiger partial charge < -0.3 is 9.84 Å². The van der Waals surface area contributed by atoms with Crippen LogP contribution >= 0.6 is 0 Å². The molecular formula is C29H48O2. The normalized spacial score (nSPS) is 51.9. The monoisotopic (exact) mass is 428 g/mol. The molecule has 0 aromatic rings. The summed E-state index contributed by atoms with van der Waals surface area (Å²) in [5.41, 5.74) is 4.19. The topological polar surface area (TPSA) is 29.5 Å². The third kappa shape index (κ3) is 2.89. The third-order valence-corrected chi connectivity index (χ3v) is 12.5. The molecule has 5 saturated carbocycles. The van der Waals surface area contributed by atoms with Crippen LogP contribution in [0.25, 0.3) is 0 Å². The van der Waals surface area contributed by atoms with E-state index in [0.29, 0.717) is 34.2 Å². The van der Waals surface area contributed by atoms with Gasteiger partial charge in [0.2, 0.25) is 0 Å². The summed E-state index contributed by atoms with van der Waals surface area (Å²) < 4.78 is 6.28. The fourth-order valence-electron chi connectivity index (χ4n) is 10.5. The van der Waals surface area contributed by atoms with E-state index < -0.39 is 0 Å². The molecule has 0 unspecified atom stereocenters. The quantitative estimate of drug-likeness (QED) is 0.477. The Bertz CT molecular complexity index is 752. The number of methoxy groups -OCH3 is 1. The molecule has 1 N–H and O–H groups in total. The van der Waals surface area contributed by atoms with Crippen LogP contribution in [0.2, 0.25) is 0 Å². The minimum atomic E-state index is -0.200. The Hall–Kier alpha value is -0.340. The van der Waals surface area contributed by atoms with Crippen LogP contribution in [0.5, 0.6) is 0 Å². The van der Waals surface area contributed by atoms with Gasteiger partial charge in [0.25, 0.3) is 0 Å². The molecule has 0 bridgehead atoms. The number of rotatable bonds is 5. The summed E-state index contributed by atoms with van der Waals surface area (Å²) in [5.74, 6) is 4.61. The van der Waals surface area contributed by atoms with E-state index in [1.807, 2.05) is 7.11 Å². The summed E-state index contributed by atoms with van der Waals surface area (Å²) in [6.07, 6.45) is 12.3. The van der Waals surface area contributed by atoms with Crippen LogP contribution in [0.4, 0.5) is 0 Å². The average Bonchev–Trinajstić information content (AvgIpc) is 3.24. The van der Waals surface area contributed by atoms with Crippen LogP contribution in [0.3, 0.4) is 0 Å². The van der Waals surface area contributed by atoms with E-state index >= 15 is 0 Å². The predicted octanol–water partition coefficient (Wildman–Crippen LogP) is 7.01. The fraction of sp³-hybridized carbons (Fsp3) is 0.931. The van der Waals surface area contributed by atoms with E-state index in [1.165, 1.54) is 62.5 Å². The van der Waals surface area contributed by atoms with Gasteiger partial charge in [0, 0.05) is 12.5 Å². The van der Waals surface area contributed by atoms with Gasteiger partial charge in [-0.25, -0.2) is 0 Å². The fourth-order valence-corrected chi connectivity index (χ4v) is 10.5. The van der Waals surface area contributed by atoms with Crippen LogP contribution in [0.1, 0.15) is 99.3 Å². The number of ether oxygens (including phenoxy) is 1. The summed E-state index contributed by atoms with van der Waals surface area (Å²) in [4.78, 5) is 0. The van der Waals surface area contributed by atoms with Crippen LogP contribution in [0, 0.1) is 51.8 Å². The van der Waals surface area contributed by atoms with E-state index in [9.17, 15) is 5.11 Å². The highest BCUT2D eigenvalue weighted by molar-refractivity contribution is 5.26. The van der Waals surface area contributed by atoms with Crippen molar-refractivity contribution in [2.75, 3.05) is 7.11 Å². The smallest absolute Gasteiger partial charge is 0.0638 e. The van der Waals surface area contributed by atoms with Crippen LogP contribution in [-0.2, 0) is 4.74 Å². The molecule has 5 aliphatic carbocycles. The van der Waals surface area contributed by atoms with Gasteiger partial charge in [-0.1, -0.05) is 31.9 Å². The van der Waals surface area contributed by atoms with E-state index in [4.69, 9.17) is 4.74 Å². The lowest BCUT2D eigenvalue weighted by Gasteiger charge is -2.61. The first-order valence-electron chi connectivity index (χ1n) is 13.4. The SMILES string of the molecule is CO[C@@H]1C[C@H]2[C@@H]3CC[C@H]([C@H](C)[C@@H](O)CC(C)=C(C)C)[C@@]3(C)CC[C@@H]2[C@@]2(C)CC[C@@H]3C[C@]312. The molecule has 31 heavy (non-hydrogen) atoms. The zero-order valence-electron chi connectivity index (χ0n) is 21.3. The van der Waals surface area contributed by atoms with E-state index in [1.54, 1.807) is 0 Å². The summed E-state index contributed by atoms with van der Waals surface area (Å²) >= 11 is 0. The summed E-state index contributed by atoms with van der Waals surface area (Å²) in [6, 6.07) is 0. The highest BCUT2D eigenvalue weighted by Crippen LogP contribution is 2.82. The summed E-state index contributed by atoms with van der Waals surface area (Å²) in [6.45, 7) is 14.2. The zero-order chi connectivity index (χ0) is 22.3. The van der Waals surface area contributed by atoms with E-state index in [2.05, 4.69) is 41.5 Å². The molecule has 0 saturated heterocycles. The maximum absolute atomic E-state index is 11.2. The van der Waals surface area contributed by atoms with Crippen molar-refractivity contribution in [2.45, 2.75) is 112 Å². The van der Waals surface area contributed by atoms with Crippen molar-refractivity contribution in [3.63, 3.8) is 0 Å². The number of hydrogen-bond acceptors (Lipinski definition) is 2. The third-order valence-electron chi connectivity index (χ3n) is 12.5. The van der Waals surface area contributed by atoms with Gasteiger partial charge in [-0.05, 0) is 125 Å². The molecule has 5 aliphatic rings. The second-order valence-electron chi connectivity index (χ2n) is 13.4. The second-order valence-corrected chi connectivity index (χ2v) is 13.4. The molecule has 0 heterocycles. The number of fused-ring (bicyclic) bond motifs is 4. The zero-order valence-corrected chi connectivity index (χ0v) is 21.3. The molecule has 5 fully saturated rings. The van der Waals surface area contributed by atoms with Crippen LogP contribution < -0.4 is 0 Å². The summed E-state index contributed by atoms with van der Waals surface area (Å²) in [5, 5.41) is 11.2. The van der Waals surface area contributed by atoms with Crippen molar-refractivity contribution in [1.29, 1.82) is 0 Å². The molecular weight excluding hydrogens is 380 g/mol. The maximum atomic E-state index is 11.2. The molecule has 0 aliphatic heterocycles. The average molecular weight is 429 g/mol. The van der Waals surface area contributed by atoms with E-state index in [0.717, 1.165) is 30.1 Å². The van der Waals surface area contributed by atoms with Crippen molar-refractivity contribution in [2.24, 2.45) is 51.8 Å². The van der Waals surface area contributed by atoms with Crippen molar-refractivity contribution in [1.82, 2.24) is 0 Å². The predicted molar refractivity (Wildman–Crippen MR) is 128 cm³/mol. The Labute approximate surface area is 191 Å². The number of aliphatic hydroxyl groups is 1. The first-order chi connectivity index (χ1) is 14.6. The van der Waals surface area contributed by atoms with Crippen LogP contribution in [0.15, 0.2) is 11.1 Å². The lowest BCUT2D eigenvalue weighted by Crippen LogP contribution is -2.57. The standard InChI is InChI=1S/C29H48O2/c1-17(2)18(3)14-25(30)19(4)22-8-9-23-21-15-26(31-7)29-16-20(29)10-13-28(29,6)24(21)11-12-27(22,23)5/h19-26,30H,8-16H2,1-7H3/t19-,20+,21-,22+,23-,24-,25-,26+,27+,28+,29-/m0/s1. The van der Waals surface area contributed by atoms with Gasteiger partial charge in [0.05, 0.1) is 12.2 Å². The molecule has 2 nitrogen and oxygen atoms in total. The number of hydrogen-bond donors (Lipinski definition) is 1. The lowest BCUT2D eigenvalue weighted by atomic mass is 9.45. The van der Waals surface area contributed by atoms with Gasteiger partial charge >= 0.3 is 0 Å². The molecule has 0 aromatic heterocycles. The van der Waals surface area contributed by atoms with Crippen molar-refractivity contribution >= 4 is 0 Å². The maximum Gasteiger partial charge on any atom is 0.0638 e. The van der Waals surface area contributed by atoms with Gasteiger partial charge in [0.1, 0.15) is 0 Å². The Kier molecular flexibility index (Phi) is 5.31. The Morgan fingerprint density at radius 2 is 1.77 bits per heavy atom. The largest absolute Gasteiger partial charge is 0.393 e. The molecule has 11 atom stereocenters. The van der Waals surface area contributed by atoms with Gasteiger partial charge in [-0.2, -0.15) is 0 Å². The van der Waals surface area contributed by atoms with Crippen LogP contribution in [-0.4, -0.2) is 24.4 Å². The minimum absolute atomic E-state index is 0.200. The highest BCUT2D eigenvalue weighted by atomic mass is 16.5. The second kappa shape index (κ2) is 7.33. The molecule has 176 valence electrons. The molecule has 5 rings (SSSR count). The van der Waals surface area contributed by atoms with E-state index in [-0.39, 0.29) is 6.10 Å². The molecule has 1 spiro atoms. The molecule has 2 heteroatoms. The Morgan fingerprint density at radius 1 is 1.03 bits per heavy atom. The van der Waals surface area contributed by atoms with Gasteiger partial charge in [-0.3, -0.25) is 0 Å². The summed E-state index contributed by atoms with van der Waals surface area (Å²) in [7, 11) is 2.00. The minimum Gasteiger partial charge on any atom is -0.393 e. The van der Waals surface area contributed by atoms with Gasteiger partial charge in [0.15, 0.2) is 0 Å². The van der Waals surface area contributed by atoms with Crippen molar-refractivity contribution < 1.29 is 9.84 Å².